The molecule has 18 heavy (non-hydrogen) atoms. The first-order valence-corrected chi connectivity index (χ1v) is 7.11. The third-order valence-corrected chi connectivity index (χ3v) is 3.51. The monoisotopic (exact) mass is 247 g/mol. The van der Waals surface area contributed by atoms with E-state index < -0.39 is 0 Å². The molecule has 1 aromatic heterocycles. The zero-order chi connectivity index (χ0) is 12.8. The van der Waals surface area contributed by atoms with Gasteiger partial charge < -0.3 is 10.2 Å². The number of pyridine rings is 1. The molecule has 1 atom stereocenters. The second kappa shape index (κ2) is 6.86. The number of nitrogens with one attached hydrogen (secondary N) is 1. The van der Waals surface area contributed by atoms with Crippen LogP contribution < -0.4 is 5.32 Å². The second-order valence-corrected chi connectivity index (χ2v) is 5.57. The number of aromatic nitrogens is 1. The number of rotatable bonds is 5. The van der Waals surface area contributed by atoms with Gasteiger partial charge in [-0.1, -0.05) is 19.9 Å². The quantitative estimate of drug-likeness (QED) is 0.863. The molecular formula is C15H25N3. The Morgan fingerprint density at radius 2 is 2.39 bits per heavy atom. The van der Waals surface area contributed by atoms with Gasteiger partial charge in [0.15, 0.2) is 0 Å². The lowest BCUT2D eigenvalue weighted by Gasteiger charge is -2.34. The van der Waals surface area contributed by atoms with E-state index in [-0.39, 0.29) is 0 Å². The molecule has 0 amide bonds. The molecule has 0 aromatic carbocycles. The number of piperidine rings is 1. The fourth-order valence-electron chi connectivity index (χ4n) is 2.70. The van der Waals surface area contributed by atoms with Crippen LogP contribution in [0.1, 0.15) is 32.3 Å². The van der Waals surface area contributed by atoms with Gasteiger partial charge in [0.1, 0.15) is 0 Å². The summed E-state index contributed by atoms with van der Waals surface area (Å²) in [4.78, 5) is 6.75. The molecule has 1 unspecified atom stereocenters. The molecule has 1 N–H and O–H groups in total. The highest BCUT2D eigenvalue weighted by Gasteiger charge is 2.19. The van der Waals surface area contributed by atoms with Crippen LogP contribution in [0.5, 0.6) is 0 Å². The van der Waals surface area contributed by atoms with Crippen molar-refractivity contribution in [3.05, 3.63) is 30.1 Å². The molecule has 1 saturated heterocycles. The Labute approximate surface area is 111 Å². The highest BCUT2D eigenvalue weighted by atomic mass is 15.2. The summed E-state index contributed by atoms with van der Waals surface area (Å²) in [7, 11) is 0. The van der Waals surface area contributed by atoms with Crippen molar-refractivity contribution >= 4 is 0 Å². The predicted octanol–water partition coefficient (Wildman–Crippen LogP) is 2.09. The Morgan fingerprint density at radius 1 is 1.50 bits per heavy atom. The van der Waals surface area contributed by atoms with E-state index in [2.05, 4.69) is 35.1 Å². The van der Waals surface area contributed by atoms with E-state index in [1.54, 1.807) is 0 Å². The summed E-state index contributed by atoms with van der Waals surface area (Å²) >= 11 is 0. The highest BCUT2D eigenvalue weighted by Crippen LogP contribution is 2.11. The van der Waals surface area contributed by atoms with Crippen LogP contribution in [0, 0.1) is 0 Å². The van der Waals surface area contributed by atoms with Crippen molar-refractivity contribution in [1.29, 1.82) is 0 Å². The summed E-state index contributed by atoms with van der Waals surface area (Å²) in [6, 6.07) is 5.45. The first-order chi connectivity index (χ1) is 8.74. The van der Waals surface area contributed by atoms with Gasteiger partial charge in [0.2, 0.25) is 0 Å². The molecule has 0 aliphatic carbocycles. The van der Waals surface area contributed by atoms with Crippen LogP contribution in [0.4, 0.5) is 0 Å². The third kappa shape index (κ3) is 4.39. The molecule has 0 radical (unpaired) electrons. The van der Waals surface area contributed by atoms with Crippen molar-refractivity contribution in [2.24, 2.45) is 0 Å². The smallest absolute Gasteiger partial charge is 0.0300 e. The van der Waals surface area contributed by atoms with Crippen LogP contribution in [0.3, 0.4) is 0 Å². The summed E-state index contributed by atoms with van der Waals surface area (Å²) in [5, 5.41) is 3.66. The van der Waals surface area contributed by atoms with Crippen LogP contribution in [-0.4, -0.2) is 41.6 Å². The van der Waals surface area contributed by atoms with Gasteiger partial charge in [-0.3, -0.25) is 4.98 Å². The minimum absolute atomic E-state index is 0.591. The van der Waals surface area contributed by atoms with Crippen LogP contribution in [0.25, 0.3) is 0 Å². The predicted molar refractivity (Wildman–Crippen MR) is 75.7 cm³/mol. The first-order valence-electron chi connectivity index (χ1n) is 7.11. The van der Waals surface area contributed by atoms with E-state index in [9.17, 15) is 0 Å². The van der Waals surface area contributed by atoms with Gasteiger partial charge in [-0.2, -0.15) is 0 Å². The molecule has 1 fully saturated rings. The van der Waals surface area contributed by atoms with E-state index >= 15 is 0 Å². The minimum atomic E-state index is 0.591. The first kappa shape index (κ1) is 13.5. The molecule has 2 heterocycles. The van der Waals surface area contributed by atoms with Gasteiger partial charge in [0, 0.05) is 37.6 Å². The van der Waals surface area contributed by atoms with E-state index in [0.717, 1.165) is 13.0 Å². The molecular weight excluding hydrogens is 222 g/mol. The summed E-state index contributed by atoms with van der Waals surface area (Å²) in [6.45, 7) is 8.06. The maximum Gasteiger partial charge on any atom is 0.0300 e. The standard InChI is InChI=1S/C15H25N3/c1-13(2)17-15-6-4-9-18(12-15)10-7-14-5-3-8-16-11-14/h3,5,8,11,13,15,17H,4,6-7,9-10,12H2,1-2H3. The Balaban J connectivity index is 1.76. The molecule has 0 spiro atoms. The molecule has 1 aliphatic rings. The van der Waals surface area contributed by atoms with Crippen LogP contribution >= 0.6 is 0 Å². The van der Waals surface area contributed by atoms with Crippen molar-refractivity contribution in [2.75, 3.05) is 19.6 Å². The Bertz CT molecular complexity index is 337. The number of likely N-dealkylation sites (tertiary alicyclic amines) is 1. The average Bonchev–Trinajstić information content (AvgIpc) is 2.37. The minimum Gasteiger partial charge on any atom is -0.311 e. The molecule has 2 rings (SSSR count). The van der Waals surface area contributed by atoms with Gasteiger partial charge in [0.25, 0.3) is 0 Å². The fraction of sp³-hybridized carbons (Fsp3) is 0.667. The van der Waals surface area contributed by atoms with Crippen LogP contribution in [0.2, 0.25) is 0 Å². The van der Waals surface area contributed by atoms with Gasteiger partial charge in [-0.25, -0.2) is 0 Å². The fourth-order valence-corrected chi connectivity index (χ4v) is 2.70. The number of nitrogens with zero attached hydrogens (tertiary/aromatic N) is 2. The Hall–Kier alpha value is -0.930. The van der Waals surface area contributed by atoms with E-state index in [4.69, 9.17) is 0 Å². The molecule has 3 heteroatoms. The summed E-state index contributed by atoms with van der Waals surface area (Å²) in [5.74, 6) is 0. The molecule has 1 aliphatic heterocycles. The van der Waals surface area contributed by atoms with Crippen molar-refractivity contribution < 1.29 is 0 Å². The van der Waals surface area contributed by atoms with Gasteiger partial charge in [-0.05, 0) is 37.4 Å². The Morgan fingerprint density at radius 3 is 3.11 bits per heavy atom. The molecule has 0 bridgehead atoms. The van der Waals surface area contributed by atoms with Crippen molar-refractivity contribution in [3.8, 4) is 0 Å². The van der Waals surface area contributed by atoms with Crippen LogP contribution in [0.15, 0.2) is 24.5 Å². The Kier molecular flexibility index (Phi) is 5.14. The largest absolute Gasteiger partial charge is 0.311 e. The maximum absolute atomic E-state index is 4.17. The molecule has 1 aromatic rings. The lowest BCUT2D eigenvalue weighted by Crippen LogP contribution is -2.48. The maximum atomic E-state index is 4.17. The summed E-state index contributed by atoms with van der Waals surface area (Å²) in [5.41, 5.74) is 1.34. The number of hydrogen-bond donors (Lipinski definition) is 1. The van der Waals surface area contributed by atoms with Gasteiger partial charge in [-0.15, -0.1) is 0 Å². The number of hydrogen-bond acceptors (Lipinski definition) is 3. The van der Waals surface area contributed by atoms with E-state index in [0.29, 0.717) is 12.1 Å². The zero-order valence-electron chi connectivity index (χ0n) is 11.6. The summed E-state index contributed by atoms with van der Waals surface area (Å²) < 4.78 is 0. The van der Waals surface area contributed by atoms with Crippen molar-refractivity contribution in [3.63, 3.8) is 0 Å². The molecule has 3 nitrogen and oxygen atoms in total. The lowest BCUT2D eigenvalue weighted by atomic mass is 10.0. The topological polar surface area (TPSA) is 28.2 Å². The van der Waals surface area contributed by atoms with E-state index in [1.165, 1.54) is 31.5 Å². The SMILES string of the molecule is CC(C)NC1CCCN(CCc2cccnc2)C1. The van der Waals surface area contributed by atoms with Gasteiger partial charge >= 0.3 is 0 Å². The van der Waals surface area contributed by atoms with Crippen LogP contribution in [-0.2, 0) is 6.42 Å². The van der Waals surface area contributed by atoms with Crippen molar-refractivity contribution in [1.82, 2.24) is 15.2 Å². The average molecular weight is 247 g/mol. The van der Waals surface area contributed by atoms with E-state index in [1.807, 2.05) is 18.5 Å². The molecule has 0 saturated carbocycles. The molecule has 100 valence electrons. The second-order valence-electron chi connectivity index (χ2n) is 5.57. The highest BCUT2D eigenvalue weighted by molar-refractivity contribution is 5.08. The summed E-state index contributed by atoms with van der Waals surface area (Å²) in [6.07, 6.45) is 7.57. The normalized spacial score (nSPS) is 21.4. The zero-order valence-corrected chi connectivity index (χ0v) is 11.6. The lowest BCUT2D eigenvalue weighted by molar-refractivity contribution is 0.187. The van der Waals surface area contributed by atoms with Crippen molar-refractivity contribution in [2.45, 2.75) is 45.2 Å². The van der Waals surface area contributed by atoms with Gasteiger partial charge in [0.05, 0.1) is 0 Å². The third-order valence-electron chi connectivity index (χ3n) is 3.51.